The topological polar surface area (TPSA) is 109 Å². The van der Waals surface area contributed by atoms with Crippen LogP contribution in [0.3, 0.4) is 0 Å². The second kappa shape index (κ2) is 9.30. The molecule has 0 fully saturated rings. The lowest BCUT2D eigenvalue weighted by molar-refractivity contribution is -0.274. The molecule has 0 spiro atoms. The van der Waals surface area contributed by atoms with E-state index in [1.54, 1.807) is 20.8 Å². The molecule has 1 unspecified atom stereocenters. The number of aromatic nitrogens is 2. The number of ether oxygens (including phenoxy) is 2. The fraction of sp³-hybridized carbons (Fsp3) is 0.368. The van der Waals surface area contributed by atoms with Gasteiger partial charge in [0.1, 0.15) is 17.4 Å². The molecule has 1 atom stereocenters. The standard InChI is InChI=1S/C19H20F3N5O3/c1-18(2,3)30-17(28)26-11-15(27-16-24-9-12(8-23)10-25-16)13-4-6-14(7-5-13)29-19(20,21)22/h4-7,9-10,15H,11H2,1-3H3,(H,26,28)(H,24,25,27). The van der Waals surface area contributed by atoms with Gasteiger partial charge < -0.3 is 20.1 Å². The number of alkyl carbamates (subject to hydrolysis) is 1. The van der Waals surface area contributed by atoms with Gasteiger partial charge in [-0.25, -0.2) is 14.8 Å². The molecule has 1 aromatic carbocycles. The molecule has 2 N–H and O–H groups in total. The fourth-order valence-corrected chi connectivity index (χ4v) is 2.27. The van der Waals surface area contributed by atoms with E-state index in [-0.39, 0.29) is 23.8 Å². The number of rotatable bonds is 6. The van der Waals surface area contributed by atoms with Crippen LogP contribution in [-0.4, -0.2) is 34.6 Å². The number of nitriles is 1. The quantitative estimate of drug-likeness (QED) is 0.725. The summed E-state index contributed by atoms with van der Waals surface area (Å²) in [5.41, 5.74) is 0.103. The first-order chi connectivity index (χ1) is 13.9. The highest BCUT2D eigenvalue weighted by molar-refractivity contribution is 5.67. The first-order valence-electron chi connectivity index (χ1n) is 8.76. The van der Waals surface area contributed by atoms with Crippen LogP contribution in [0.25, 0.3) is 0 Å². The van der Waals surface area contributed by atoms with Crippen molar-refractivity contribution in [1.82, 2.24) is 15.3 Å². The van der Waals surface area contributed by atoms with E-state index in [0.29, 0.717) is 5.56 Å². The molecule has 0 bridgehead atoms. The highest BCUT2D eigenvalue weighted by Gasteiger charge is 2.31. The van der Waals surface area contributed by atoms with Gasteiger partial charge in [-0.3, -0.25) is 0 Å². The second-order valence-corrected chi connectivity index (χ2v) is 7.10. The number of amides is 1. The van der Waals surface area contributed by atoms with Gasteiger partial charge in [0.2, 0.25) is 5.95 Å². The lowest BCUT2D eigenvalue weighted by atomic mass is 10.1. The number of carbonyl (C=O) groups is 1. The highest BCUT2D eigenvalue weighted by Crippen LogP contribution is 2.25. The second-order valence-electron chi connectivity index (χ2n) is 7.10. The van der Waals surface area contributed by atoms with Gasteiger partial charge in [0.25, 0.3) is 0 Å². The highest BCUT2D eigenvalue weighted by atomic mass is 19.4. The van der Waals surface area contributed by atoms with E-state index in [4.69, 9.17) is 10.00 Å². The zero-order valence-corrected chi connectivity index (χ0v) is 16.4. The van der Waals surface area contributed by atoms with Gasteiger partial charge in [0.15, 0.2) is 0 Å². The van der Waals surface area contributed by atoms with Crippen LogP contribution < -0.4 is 15.4 Å². The Hall–Kier alpha value is -3.55. The predicted octanol–water partition coefficient (Wildman–Crippen LogP) is 3.92. The zero-order chi connectivity index (χ0) is 22.4. The third-order valence-corrected chi connectivity index (χ3v) is 3.45. The molecule has 11 heteroatoms. The van der Waals surface area contributed by atoms with Crippen LogP contribution in [0.1, 0.15) is 37.9 Å². The summed E-state index contributed by atoms with van der Waals surface area (Å²) in [7, 11) is 0. The Kier molecular flexibility index (Phi) is 7.05. The van der Waals surface area contributed by atoms with Crippen molar-refractivity contribution in [2.45, 2.75) is 38.8 Å². The van der Waals surface area contributed by atoms with E-state index in [1.165, 1.54) is 24.5 Å². The van der Waals surface area contributed by atoms with Crippen LogP contribution in [0.15, 0.2) is 36.7 Å². The molecular formula is C19H20F3N5O3. The van der Waals surface area contributed by atoms with Crippen LogP contribution in [0.4, 0.5) is 23.9 Å². The summed E-state index contributed by atoms with van der Waals surface area (Å²) in [5, 5.41) is 14.4. The van der Waals surface area contributed by atoms with E-state index in [1.807, 2.05) is 6.07 Å². The predicted molar refractivity (Wildman–Crippen MR) is 100 cm³/mol. The van der Waals surface area contributed by atoms with Crippen molar-refractivity contribution in [3.05, 3.63) is 47.8 Å². The Morgan fingerprint density at radius 3 is 2.27 bits per heavy atom. The molecule has 0 aliphatic heterocycles. The molecule has 160 valence electrons. The van der Waals surface area contributed by atoms with E-state index < -0.39 is 24.1 Å². The van der Waals surface area contributed by atoms with E-state index in [2.05, 4.69) is 25.3 Å². The van der Waals surface area contributed by atoms with Crippen molar-refractivity contribution in [1.29, 1.82) is 5.26 Å². The Balaban J connectivity index is 2.17. The third-order valence-electron chi connectivity index (χ3n) is 3.45. The van der Waals surface area contributed by atoms with Gasteiger partial charge >= 0.3 is 12.5 Å². The molecule has 2 aromatic rings. The molecule has 0 aliphatic rings. The van der Waals surface area contributed by atoms with Gasteiger partial charge in [0.05, 0.1) is 24.0 Å². The first kappa shape index (κ1) is 22.7. The molecule has 1 heterocycles. The van der Waals surface area contributed by atoms with Crippen molar-refractivity contribution in [2.75, 3.05) is 11.9 Å². The molecule has 0 saturated heterocycles. The lowest BCUT2D eigenvalue weighted by Crippen LogP contribution is -2.36. The number of nitrogens with zero attached hydrogens (tertiary/aromatic N) is 3. The number of carbonyl (C=O) groups excluding carboxylic acids is 1. The number of anilines is 1. The normalized spacial score (nSPS) is 12.4. The Labute approximate surface area is 171 Å². The molecule has 0 saturated carbocycles. The lowest BCUT2D eigenvalue weighted by Gasteiger charge is -2.23. The van der Waals surface area contributed by atoms with Crippen molar-refractivity contribution in [2.24, 2.45) is 0 Å². The summed E-state index contributed by atoms with van der Waals surface area (Å²) in [6.45, 7) is 5.17. The van der Waals surface area contributed by atoms with Crippen LogP contribution in [0.5, 0.6) is 5.75 Å². The summed E-state index contributed by atoms with van der Waals surface area (Å²) < 4.78 is 46.1. The van der Waals surface area contributed by atoms with Gasteiger partial charge in [0, 0.05) is 6.54 Å². The number of alkyl halides is 3. The number of hydrogen-bond donors (Lipinski definition) is 2. The largest absolute Gasteiger partial charge is 0.573 e. The first-order valence-corrected chi connectivity index (χ1v) is 8.76. The maximum Gasteiger partial charge on any atom is 0.573 e. The minimum absolute atomic E-state index is 0.0255. The molecular weight excluding hydrogens is 403 g/mol. The Morgan fingerprint density at radius 2 is 1.77 bits per heavy atom. The van der Waals surface area contributed by atoms with Gasteiger partial charge in [-0.05, 0) is 38.5 Å². The minimum Gasteiger partial charge on any atom is -0.444 e. The van der Waals surface area contributed by atoms with Crippen LogP contribution in [-0.2, 0) is 4.74 Å². The Bertz CT molecular complexity index is 888. The van der Waals surface area contributed by atoms with Crippen molar-refractivity contribution in [3.63, 3.8) is 0 Å². The molecule has 0 radical (unpaired) electrons. The summed E-state index contributed by atoms with van der Waals surface area (Å²) >= 11 is 0. The van der Waals surface area contributed by atoms with Crippen LogP contribution in [0.2, 0.25) is 0 Å². The number of nitrogens with one attached hydrogen (secondary N) is 2. The van der Waals surface area contributed by atoms with E-state index in [9.17, 15) is 18.0 Å². The van der Waals surface area contributed by atoms with Gasteiger partial charge in [-0.1, -0.05) is 12.1 Å². The summed E-state index contributed by atoms with van der Waals surface area (Å²) in [6, 6.07) is 6.43. The fourth-order valence-electron chi connectivity index (χ4n) is 2.27. The molecule has 1 amide bonds. The third kappa shape index (κ3) is 7.83. The van der Waals surface area contributed by atoms with Crippen molar-refractivity contribution < 1.29 is 27.4 Å². The summed E-state index contributed by atoms with van der Waals surface area (Å²) in [4.78, 5) is 20.0. The molecule has 0 aliphatic carbocycles. The minimum atomic E-state index is -4.80. The summed E-state index contributed by atoms with van der Waals surface area (Å²) in [6.07, 6.45) is -2.83. The molecule has 8 nitrogen and oxygen atoms in total. The number of halogens is 3. The average Bonchev–Trinajstić information content (AvgIpc) is 2.64. The van der Waals surface area contributed by atoms with Crippen molar-refractivity contribution >= 4 is 12.0 Å². The smallest absolute Gasteiger partial charge is 0.444 e. The monoisotopic (exact) mass is 423 g/mol. The SMILES string of the molecule is CC(C)(C)OC(=O)NCC(Nc1ncc(C#N)cn1)c1ccc(OC(F)(F)F)cc1. The van der Waals surface area contributed by atoms with Gasteiger partial charge in [-0.15, -0.1) is 13.2 Å². The number of hydrogen-bond acceptors (Lipinski definition) is 7. The van der Waals surface area contributed by atoms with Crippen LogP contribution >= 0.6 is 0 Å². The van der Waals surface area contributed by atoms with E-state index in [0.717, 1.165) is 12.1 Å². The number of benzene rings is 1. The van der Waals surface area contributed by atoms with Crippen molar-refractivity contribution in [3.8, 4) is 11.8 Å². The zero-order valence-electron chi connectivity index (χ0n) is 16.4. The average molecular weight is 423 g/mol. The molecule has 1 aromatic heterocycles. The Morgan fingerprint density at radius 1 is 1.17 bits per heavy atom. The maximum absolute atomic E-state index is 12.4. The molecule has 30 heavy (non-hydrogen) atoms. The van der Waals surface area contributed by atoms with Gasteiger partial charge in [-0.2, -0.15) is 5.26 Å². The molecule has 2 rings (SSSR count). The summed E-state index contributed by atoms with van der Waals surface area (Å²) in [5.74, 6) is -0.208. The maximum atomic E-state index is 12.4. The van der Waals surface area contributed by atoms with Crippen LogP contribution in [0, 0.1) is 11.3 Å². The van der Waals surface area contributed by atoms with E-state index >= 15 is 0 Å².